The SMILES string of the molecule is N#CC1=CC=C(C#N)N2C1=C1C(C#N)CC(C#N)CC1C1N(C#N)NNN(C#N)N12. The average molecular weight is 396 g/mol. The van der Waals surface area contributed by atoms with Crippen LogP contribution in [0.1, 0.15) is 12.8 Å². The molecule has 2 N–H and O–H groups in total. The van der Waals surface area contributed by atoms with Crippen LogP contribution in [0.15, 0.2) is 34.7 Å². The molecular formula is C18H12N12. The van der Waals surface area contributed by atoms with Crippen molar-refractivity contribution in [2.45, 2.75) is 19.0 Å². The van der Waals surface area contributed by atoms with Crippen molar-refractivity contribution in [3.63, 3.8) is 0 Å². The lowest BCUT2D eigenvalue weighted by Crippen LogP contribution is -2.77. The number of hydrogen-bond donors (Lipinski definition) is 2. The van der Waals surface area contributed by atoms with Crippen molar-refractivity contribution in [3.05, 3.63) is 34.7 Å². The molecule has 0 radical (unpaired) electrons. The predicted molar refractivity (Wildman–Crippen MR) is 94.0 cm³/mol. The quantitative estimate of drug-likeness (QED) is 0.527. The van der Waals surface area contributed by atoms with Crippen LogP contribution in [0.4, 0.5) is 0 Å². The Labute approximate surface area is 171 Å². The summed E-state index contributed by atoms with van der Waals surface area (Å²) in [5.74, 6) is -1.65. The maximum absolute atomic E-state index is 9.86. The van der Waals surface area contributed by atoms with E-state index in [2.05, 4.69) is 29.3 Å². The lowest BCUT2D eigenvalue weighted by atomic mass is 9.68. The maximum Gasteiger partial charge on any atom is 0.214 e. The molecule has 4 unspecified atom stereocenters. The maximum atomic E-state index is 9.86. The Morgan fingerprint density at radius 3 is 2.30 bits per heavy atom. The highest BCUT2D eigenvalue weighted by molar-refractivity contribution is 5.55. The molecule has 0 aromatic carbocycles. The van der Waals surface area contributed by atoms with Crippen molar-refractivity contribution >= 4 is 0 Å². The third kappa shape index (κ3) is 2.45. The molecule has 3 heterocycles. The summed E-state index contributed by atoms with van der Waals surface area (Å²) in [5, 5.41) is 63.1. The molecule has 0 aromatic rings. The first-order chi connectivity index (χ1) is 14.6. The first-order valence-corrected chi connectivity index (χ1v) is 8.88. The van der Waals surface area contributed by atoms with Gasteiger partial charge in [0.1, 0.15) is 17.8 Å². The van der Waals surface area contributed by atoms with Gasteiger partial charge in [-0.15, -0.1) is 16.2 Å². The first-order valence-electron chi connectivity index (χ1n) is 8.88. The van der Waals surface area contributed by atoms with Crippen molar-refractivity contribution in [2.24, 2.45) is 17.8 Å². The van der Waals surface area contributed by atoms with E-state index >= 15 is 0 Å². The van der Waals surface area contributed by atoms with Gasteiger partial charge in [-0.1, -0.05) is 5.12 Å². The first kappa shape index (κ1) is 18.8. The highest BCUT2D eigenvalue weighted by Crippen LogP contribution is 2.50. The molecule has 2 fully saturated rings. The van der Waals surface area contributed by atoms with E-state index in [4.69, 9.17) is 0 Å². The van der Waals surface area contributed by atoms with E-state index in [1.807, 2.05) is 18.5 Å². The fourth-order valence-corrected chi connectivity index (χ4v) is 4.41. The lowest BCUT2D eigenvalue weighted by molar-refractivity contribution is -0.280. The van der Waals surface area contributed by atoms with Gasteiger partial charge in [0.25, 0.3) is 0 Å². The molecule has 1 saturated carbocycles. The second-order valence-electron chi connectivity index (χ2n) is 6.90. The van der Waals surface area contributed by atoms with Crippen LogP contribution in [0, 0.1) is 86.0 Å². The third-order valence-electron chi connectivity index (χ3n) is 5.53. The summed E-state index contributed by atoms with van der Waals surface area (Å²) in [4.78, 5) is 0. The lowest BCUT2D eigenvalue weighted by Gasteiger charge is -2.57. The van der Waals surface area contributed by atoms with Crippen molar-refractivity contribution in [1.82, 2.24) is 31.3 Å². The molecule has 30 heavy (non-hydrogen) atoms. The molecule has 144 valence electrons. The smallest absolute Gasteiger partial charge is 0.214 e. The molecular weight excluding hydrogens is 384 g/mol. The molecule has 12 heteroatoms. The average Bonchev–Trinajstić information content (AvgIpc) is 2.81. The van der Waals surface area contributed by atoms with Gasteiger partial charge < -0.3 is 0 Å². The highest BCUT2D eigenvalue weighted by Gasteiger charge is 2.55. The van der Waals surface area contributed by atoms with Crippen LogP contribution in [-0.2, 0) is 0 Å². The molecule has 1 aliphatic carbocycles. The van der Waals surface area contributed by atoms with Crippen LogP contribution in [0.25, 0.3) is 0 Å². The Bertz CT molecular complexity index is 1140. The van der Waals surface area contributed by atoms with Gasteiger partial charge in [0.2, 0.25) is 6.19 Å². The summed E-state index contributed by atoms with van der Waals surface area (Å²) in [7, 11) is 0. The zero-order valence-electron chi connectivity index (χ0n) is 15.4. The zero-order valence-corrected chi connectivity index (χ0v) is 15.4. The van der Waals surface area contributed by atoms with E-state index < -0.39 is 23.9 Å². The molecule has 0 aromatic heterocycles. The van der Waals surface area contributed by atoms with Gasteiger partial charge in [0, 0.05) is 11.8 Å². The summed E-state index contributed by atoms with van der Waals surface area (Å²) in [6, 6.07) is 8.57. The summed E-state index contributed by atoms with van der Waals surface area (Å²) < 4.78 is 0. The van der Waals surface area contributed by atoms with Crippen LogP contribution in [0.5, 0.6) is 0 Å². The fourth-order valence-electron chi connectivity index (χ4n) is 4.41. The van der Waals surface area contributed by atoms with Crippen LogP contribution < -0.4 is 11.1 Å². The van der Waals surface area contributed by atoms with E-state index in [0.717, 1.165) is 10.1 Å². The second-order valence-corrected chi connectivity index (χ2v) is 6.90. The molecule has 0 amide bonds. The van der Waals surface area contributed by atoms with Gasteiger partial charge >= 0.3 is 0 Å². The van der Waals surface area contributed by atoms with E-state index in [-0.39, 0.29) is 17.7 Å². The number of hydrogen-bond acceptors (Lipinski definition) is 12. The molecule has 4 aliphatic rings. The minimum atomic E-state index is -0.851. The van der Waals surface area contributed by atoms with Crippen LogP contribution in [0.2, 0.25) is 0 Å². The minimum Gasteiger partial charge on any atom is -0.241 e. The number of rotatable bonds is 0. The Morgan fingerprint density at radius 2 is 1.70 bits per heavy atom. The summed E-state index contributed by atoms with van der Waals surface area (Å²) in [5.41, 5.74) is 6.41. The summed E-state index contributed by atoms with van der Waals surface area (Å²) >= 11 is 0. The predicted octanol–water partition coefficient (Wildman–Crippen LogP) is 0.0788. The normalized spacial score (nSPS) is 29.9. The number of allylic oxidation sites excluding steroid dienone is 4. The highest BCUT2D eigenvalue weighted by atomic mass is 16.1. The van der Waals surface area contributed by atoms with Gasteiger partial charge in [-0.05, 0) is 30.6 Å². The van der Waals surface area contributed by atoms with Gasteiger partial charge in [-0.3, -0.25) is 0 Å². The third-order valence-corrected chi connectivity index (χ3v) is 5.53. The number of nitrogens with zero attached hydrogens (tertiary/aromatic N) is 10. The van der Waals surface area contributed by atoms with Gasteiger partial charge in [-0.25, -0.2) is 10.0 Å². The number of fused-ring (bicyclic) bond motifs is 5. The molecule has 12 nitrogen and oxygen atoms in total. The molecule has 0 bridgehead atoms. The van der Waals surface area contributed by atoms with E-state index in [1.165, 1.54) is 22.3 Å². The van der Waals surface area contributed by atoms with E-state index in [9.17, 15) is 31.6 Å². The molecule has 4 rings (SSSR count). The van der Waals surface area contributed by atoms with Crippen LogP contribution >= 0.6 is 0 Å². The van der Waals surface area contributed by atoms with Crippen LogP contribution in [-0.4, -0.2) is 26.4 Å². The summed E-state index contributed by atoms with van der Waals surface area (Å²) in [6.45, 7) is 0. The number of nitrogens with one attached hydrogen (secondary N) is 2. The van der Waals surface area contributed by atoms with Gasteiger partial charge in [-0.2, -0.15) is 31.6 Å². The molecule has 0 spiro atoms. The van der Waals surface area contributed by atoms with Crippen LogP contribution in [0.3, 0.4) is 0 Å². The van der Waals surface area contributed by atoms with E-state index in [0.29, 0.717) is 17.7 Å². The molecule has 3 aliphatic heterocycles. The van der Waals surface area contributed by atoms with Gasteiger partial charge in [0.05, 0.1) is 29.3 Å². The van der Waals surface area contributed by atoms with Crippen molar-refractivity contribution in [2.75, 3.05) is 0 Å². The zero-order chi connectivity index (χ0) is 21.4. The Kier molecular flexibility index (Phi) is 4.46. The number of nitriles is 6. The topological polar surface area (TPSA) is 180 Å². The molecule has 1 saturated heterocycles. The standard InChI is InChI=1S/C18H12N12/c19-5-11-3-13(7-21)16-15(4-11)18-27(9-23)25-26-28(10-24)30(18)29-14(8-22)2-1-12(6-20)17(16)29/h1-2,11,13,15,18,25-26H,3-4H2. The largest absolute Gasteiger partial charge is 0.241 e. The fraction of sp³-hybridized carbons (Fsp3) is 0.333. The molecule has 4 atom stereocenters. The Hall–Kier alpha value is -4.56. The van der Waals surface area contributed by atoms with E-state index in [1.54, 1.807) is 0 Å². The second kappa shape index (κ2) is 7.12. The van der Waals surface area contributed by atoms with Crippen molar-refractivity contribution in [3.8, 4) is 36.7 Å². The van der Waals surface area contributed by atoms with Gasteiger partial charge in [0.15, 0.2) is 12.4 Å². The summed E-state index contributed by atoms with van der Waals surface area (Å²) in [6.07, 6.45) is 6.60. The Morgan fingerprint density at radius 1 is 0.900 bits per heavy atom. The van der Waals surface area contributed by atoms with Crippen molar-refractivity contribution < 1.29 is 0 Å². The minimum absolute atomic E-state index is 0.112. The van der Waals surface area contributed by atoms with Crippen molar-refractivity contribution in [1.29, 1.82) is 31.6 Å². The monoisotopic (exact) mass is 396 g/mol. The number of hydrazine groups is 5. The Balaban J connectivity index is 2.04.